The zero-order chi connectivity index (χ0) is 13.1. The fourth-order valence-corrected chi connectivity index (χ4v) is 0.922. The highest BCUT2D eigenvalue weighted by Crippen LogP contribution is 2.30. The number of amides is 1. The van der Waals surface area contributed by atoms with Crippen LogP contribution in [0.4, 0.5) is 4.79 Å². The van der Waals surface area contributed by atoms with Gasteiger partial charge in [-0.3, -0.25) is 4.79 Å². The molecule has 0 saturated carbocycles. The van der Waals surface area contributed by atoms with Crippen LogP contribution < -0.4 is 5.32 Å². The second-order valence-electron chi connectivity index (χ2n) is 5.13. The molecule has 0 bridgehead atoms. The molecule has 0 radical (unpaired) electrons. The Morgan fingerprint density at radius 3 is 1.94 bits per heavy atom. The van der Waals surface area contributed by atoms with Crippen molar-refractivity contribution in [2.75, 3.05) is 0 Å². The zero-order valence-corrected chi connectivity index (χ0v) is 10.7. The van der Waals surface area contributed by atoms with Crippen molar-refractivity contribution in [3.05, 3.63) is 0 Å². The Kier molecular flexibility index (Phi) is 4.35. The summed E-state index contributed by atoms with van der Waals surface area (Å²) in [7, 11) is 0. The summed E-state index contributed by atoms with van der Waals surface area (Å²) in [6, 6.07) is 0. The zero-order valence-electron chi connectivity index (χ0n) is 10.7. The van der Waals surface area contributed by atoms with E-state index in [9.17, 15) is 9.59 Å². The normalized spacial score (nSPS) is 12.4. The molecule has 0 fully saturated rings. The third-order valence-corrected chi connectivity index (χ3v) is 2.85. The number of hydrogen-bond acceptors (Lipinski definition) is 3. The molecule has 94 valence electrons. The van der Waals surface area contributed by atoms with Crippen LogP contribution in [0.1, 0.15) is 41.5 Å². The summed E-state index contributed by atoms with van der Waals surface area (Å²) in [4.78, 5) is 22.5. The van der Waals surface area contributed by atoms with E-state index in [1.807, 2.05) is 0 Å². The Morgan fingerprint density at radius 1 is 1.19 bits per heavy atom. The lowest BCUT2D eigenvalue weighted by Gasteiger charge is -2.38. The molecular formula is C11H21NO4. The van der Waals surface area contributed by atoms with E-state index in [1.54, 1.807) is 41.5 Å². The fraction of sp³-hybridized carbons (Fsp3) is 0.818. The van der Waals surface area contributed by atoms with E-state index in [0.717, 1.165) is 0 Å². The maximum absolute atomic E-state index is 11.4. The van der Waals surface area contributed by atoms with Gasteiger partial charge in [-0.1, -0.05) is 0 Å². The van der Waals surface area contributed by atoms with Gasteiger partial charge in [0.25, 0.3) is 0 Å². The van der Waals surface area contributed by atoms with Crippen molar-refractivity contribution in [3.63, 3.8) is 0 Å². The van der Waals surface area contributed by atoms with Crippen molar-refractivity contribution in [2.45, 2.75) is 53.2 Å². The van der Waals surface area contributed by atoms with Crippen molar-refractivity contribution in [3.8, 4) is 0 Å². The maximum atomic E-state index is 11.4. The molecular weight excluding hydrogens is 210 g/mol. The number of hydrogen-bond donors (Lipinski definition) is 2. The lowest BCUT2D eigenvalue weighted by molar-refractivity contribution is -0.150. The predicted octanol–water partition coefficient (Wildman–Crippen LogP) is 2.01. The Labute approximate surface area is 96.2 Å². The largest absolute Gasteiger partial charge is 0.481 e. The number of carboxylic acids is 1. The van der Waals surface area contributed by atoms with Gasteiger partial charge in [-0.05, 0) is 41.5 Å². The van der Waals surface area contributed by atoms with Crippen molar-refractivity contribution in [2.24, 2.45) is 5.41 Å². The average molecular weight is 231 g/mol. The highest BCUT2D eigenvalue weighted by molar-refractivity contribution is 5.77. The van der Waals surface area contributed by atoms with E-state index in [-0.39, 0.29) is 6.10 Å². The van der Waals surface area contributed by atoms with E-state index in [4.69, 9.17) is 9.84 Å². The molecule has 0 saturated heterocycles. The quantitative estimate of drug-likeness (QED) is 0.776. The van der Waals surface area contributed by atoms with Crippen molar-refractivity contribution < 1.29 is 19.4 Å². The van der Waals surface area contributed by atoms with Gasteiger partial charge in [-0.2, -0.15) is 0 Å². The number of carbonyl (C=O) groups is 2. The first kappa shape index (κ1) is 14.7. The van der Waals surface area contributed by atoms with Gasteiger partial charge in [-0.25, -0.2) is 4.79 Å². The highest BCUT2D eigenvalue weighted by Gasteiger charge is 2.44. The van der Waals surface area contributed by atoms with Crippen LogP contribution in [0.5, 0.6) is 0 Å². The summed E-state index contributed by atoms with van der Waals surface area (Å²) in [5, 5.41) is 11.6. The first-order chi connectivity index (χ1) is 7.00. The molecule has 16 heavy (non-hydrogen) atoms. The van der Waals surface area contributed by atoms with E-state index >= 15 is 0 Å². The predicted molar refractivity (Wildman–Crippen MR) is 60.2 cm³/mol. The first-order valence-corrected chi connectivity index (χ1v) is 5.23. The summed E-state index contributed by atoms with van der Waals surface area (Å²) in [5.74, 6) is -0.970. The van der Waals surface area contributed by atoms with Crippen molar-refractivity contribution in [1.29, 1.82) is 0 Å². The topological polar surface area (TPSA) is 75.6 Å². The molecule has 0 aliphatic heterocycles. The summed E-state index contributed by atoms with van der Waals surface area (Å²) in [6.07, 6.45) is -0.835. The number of carboxylic acid groups (broad SMARTS) is 1. The smallest absolute Gasteiger partial charge is 0.407 e. The van der Waals surface area contributed by atoms with Crippen LogP contribution >= 0.6 is 0 Å². The van der Waals surface area contributed by atoms with E-state index in [2.05, 4.69) is 5.32 Å². The van der Waals surface area contributed by atoms with Crippen LogP contribution in [0.3, 0.4) is 0 Å². The minimum atomic E-state index is -1.08. The first-order valence-electron chi connectivity index (χ1n) is 5.23. The molecule has 0 aromatic carbocycles. The summed E-state index contributed by atoms with van der Waals surface area (Å²) < 4.78 is 4.92. The van der Waals surface area contributed by atoms with Gasteiger partial charge in [0.1, 0.15) is 0 Å². The van der Waals surface area contributed by atoms with Gasteiger partial charge < -0.3 is 15.2 Å². The number of rotatable bonds is 4. The van der Waals surface area contributed by atoms with Crippen LogP contribution in [-0.2, 0) is 9.53 Å². The Morgan fingerprint density at radius 2 is 1.62 bits per heavy atom. The molecule has 0 aliphatic rings. The second kappa shape index (κ2) is 4.72. The Hall–Kier alpha value is -1.26. The molecule has 0 aromatic rings. The minimum Gasteiger partial charge on any atom is -0.481 e. The molecule has 2 N–H and O–H groups in total. The molecule has 0 heterocycles. The van der Waals surface area contributed by atoms with Gasteiger partial charge in [-0.15, -0.1) is 0 Å². The number of alkyl carbamates (subject to hydrolysis) is 1. The number of nitrogens with one attached hydrogen (secondary N) is 1. The molecule has 0 rings (SSSR count). The molecule has 5 heteroatoms. The maximum Gasteiger partial charge on any atom is 0.407 e. The number of aliphatic carboxylic acids is 1. The summed E-state index contributed by atoms with van der Waals surface area (Å²) in [5.41, 5.74) is -1.98. The Bertz CT molecular complexity index is 282. The molecule has 5 nitrogen and oxygen atoms in total. The standard InChI is InChI=1S/C11H21NO4/c1-7(2)16-9(15)12-11(5,6)10(3,4)8(13)14/h7H,1-6H3,(H,12,15)(H,13,14). The number of carbonyl (C=O) groups excluding carboxylic acids is 1. The second-order valence-corrected chi connectivity index (χ2v) is 5.13. The molecule has 1 amide bonds. The highest BCUT2D eigenvalue weighted by atomic mass is 16.6. The average Bonchev–Trinajstić information content (AvgIpc) is 1.99. The van der Waals surface area contributed by atoms with E-state index in [0.29, 0.717) is 0 Å². The van der Waals surface area contributed by atoms with Crippen LogP contribution in [0.15, 0.2) is 0 Å². The monoisotopic (exact) mass is 231 g/mol. The van der Waals surface area contributed by atoms with Gasteiger partial charge in [0.15, 0.2) is 0 Å². The van der Waals surface area contributed by atoms with E-state index < -0.39 is 23.0 Å². The summed E-state index contributed by atoms with van der Waals surface area (Å²) in [6.45, 7) is 9.89. The fourth-order valence-electron chi connectivity index (χ4n) is 0.922. The van der Waals surface area contributed by atoms with Crippen molar-refractivity contribution >= 4 is 12.1 Å². The molecule has 0 aliphatic carbocycles. The van der Waals surface area contributed by atoms with Gasteiger partial charge in [0.05, 0.1) is 17.1 Å². The molecule has 0 atom stereocenters. The molecule has 0 spiro atoms. The minimum absolute atomic E-state index is 0.233. The Balaban J connectivity index is 4.69. The summed E-state index contributed by atoms with van der Waals surface area (Å²) >= 11 is 0. The number of ether oxygens (including phenoxy) is 1. The van der Waals surface area contributed by atoms with Gasteiger partial charge >= 0.3 is 12.1 Å². The van der Waals surface area contributed by atoms with E-state index in [1.165, 1.54) is 0 Å². The SMILES string of the molecule is CC(C)OC(=O)NC(C)(C)C(C)(C)C(=O)O. The van der Waals surface area contributed by atoms with Crippen LogP contribution in [0.2, 0.25) is 0 Å². The molecule has 0 unspecified atom stereocenters. The third kappa shape index (κ3) is 3.40. The van der Waals surface area contributed by atoms with Crippen LogP contribution in [0, 0.1) is 5.41 Å². The van der Waals surface area contributed by atoms with Gasteiger partial charge in [0, 0.05) is 0 Å². The lowest BCUT2D eigenvalue weighted by atomic mass is 9.74. The van der Waals surface area contributed by atoms with Crippen LogP contribution in [0.25, 0.3) is 0 Å². The lowest BCUT2D eigenvalue weighted by Crippen LogP contribution is -2.57. The van der Waals surface area contributed by atoms with Gasteiger partial charge in [0.2, 0.25) is 0 Å². The van der Waals surface area contributed by atoms with Crippen molar-refractivity contribution in [1.82, 2.24) is 5.32 Å². The molecule has 0 aromatic heterocycles. The van der Waals surface area contributed by atoms with Crippen LogP contribution in [-0.4, -0.2) is 28.8 Å². The third-order valence-electron chi connectivity index (χ3n) is 2.85.